The average Bonchev–Trinajstić information content (AvgIpc) is 2.25. The topological polar surface area (TPSA) is 78.2 Å². The van der Waals surface area contributed by atoms with Gasteiger partial charge in [0.2, 0.25) is 0 Å². The van der Waals surface area contributed by atoms with Gasteiger partial charge in [-0.1, -0.05) is 13.0 Å². The quantitative estimate of drug-likeness (QED) is 0.835. The van der Waals surface area contributed by atoms with Crippen LogP contribution in [-0.4, -0.2) is 13.5 Å². The third kappa shape index (κ3) is 2.53. The van der Waals surface area contributed by atoms with Gasteiger partial charge >= 0.3 is 0 Å². The van der Waals surface area contributed by atoms with Gasteiger partial charge in [-0.25, -0.2) is 8.42 Å². The predicted molar refractivity (Wildman–Crippen MR) is 59.5 cm³/mol. The molecule has 0 aliphatic carbocycles. The molecule has 1 aromatic carbocycles. The van der Waals surface area contributed by atoms with Crippen molar-refractivity contribution in [2.75, 3.05) is 0 Å². The molecule has 1 N–H and O–H groups in total. The fraction of sp³-hybridized carbons (Fsp3) is 0.300. The molecule has 0 spiro atoms. The molecule has 0 saturated heterocycles. The summed E-state index contributed by atoms with van der Waals surface area (Å²) < 4.78 is 22.6. The van der Waals surface area contributed by atoms with Crippen molar-refractivity contribution in [3.63, 3.8) is 0 Å². The Balaban J connectivity index is 3.65. The van der Waals surface area contributed by atoms with Gasteiger partial charge in [0, 0.05) is 10.7 Å². The van der Waals surface area contributed by atoms with Crippen LogP contribution in [0, 0.1) is 11.3 Å². The standard InChI is InChI=1S/C10H10ClNO3S/c1-2-8-3-7(6-13)4-10(9(8)5-12)16(11,14)15/h3-4,13H,2,6H2,1H3. The summed E-state index contributed by atoms with van der Waals surface area (Å²) in [6.45, 7) is 1.50. The highest BCUT2D eigenvalue weighted by Gasteiger charge is 2.19. The third-order valence-corrected chi connectivity index (χ3v) is 3.53. The van der Waals surface area contributed by atoms with E-state index in [0.29, 0.717) is 17.5 Å². The van der Waals surface area contributed by atoms with E-state index in [4.69, 9.17) is 21.1 Å². The van der Waals surface area contributed by atoms with Crippen molar-refractivity contribution in [3.8, 4) is 6.07 Å². The second kappa shape index (κ2) is 4.83. The Kier molecular flexibility index (Phi) is 3.92. The van der Waals surface area contributed by atoms with Gasteiger partial charge in [-0.2, -0.15) is 5.26 Å². The zero-order valence-corrected chi connectivity index (χ0v) is 10.1. The lowest BCUT2D eigenvalue weighted by molar-refractivity contribution is 0.281. The van der Waals surface area contributed by atoms with E-state index in [2.05, 4.69) is 0 Å². The molecule has 0 fully saturated rings. The number of halogens is 1. The van der Waals surface area contributed by atoms with Gasteiger partial charge in [0.1, 0.15) is 11.0 Å². The van der Waals surface area contributed by atoms with E-state index < -0.39 is 9.05 Å². The van der Waals surface area contributed by atoms with Crippen molar-refractivity contribution in [2.24, 2.45) is 0 Å². The minimum absolute atomic E-state index is 0.0506. The van der Waals surface area contributed by atoms with Crippen molar-refractivity contribution < 1.29 is 13.5 Å². The van der Waals surface area contributed by atoms with Gasteiger partial charge in [0.25, 0.3) is 9.05 Å². The van der Waals surface area contributed by atoms with Crippen LogP contribution in [0.15, 0.2) is 17.0 Å². The molecule has 0 aliphatic heterocycles. The van der Waals surface area contributed by atoms with Gasteiger partial charge in [-0.3, -0.25) is 0 Å². The third-order valence-electron chi connectivity index (χ3n) is 2.18. The highest BCUT2D eigenvalue weighted by atomic mass is 35.7. The summed E-state index contributed by atoms with van der Waals surface area (Å²) in [6, 6.07) is 4.65. The molecule has 0 aromatic heterocycles. The molecule has 0 saturated carbocycles. The maximum absolute atomic E-state index is 11.3. The molecule has 0 atom stereocenters. The number of aryl methyl sites for hydroxylation is 1. The van der Waals surface area contributed by atoms with Crippen LogP contribution < -0.4 is 0 Å². The molecule has 1 rings (SSSR count). The minimum Gasteiger partial charge on any atom is -0.392 e. The molecule has 0 heterocycles. The van der Waals surface area contributed by atoms with E-state index in [1.807, 2.05) is 6.07 Å². The number of aliphatic hydroxyl groups excluding tert-OH is 1. The average molecular weight is 260 g/mol. The van der Waals surface area contributed by atoms with Crippen molar-refractivity contribution in [2.45, 2.75) is 24.8 Å². The Hall–Kier alpha value is -1.09. The van der Waals surface area contributed by atoms with Crippen LogP contribution in [0.5, 0.6) is 0 Å². The monoisotopic (exact) mass is 259 g/mol. The van der Waals surface area contributed by atoms with Crippen LogP contribution in [0.25, 0.3) is 0 Å². The Labute approximate surface area is 98.5 Å². The molecule has 16 heavy (non-hydrogen) atoms. The lowest BCUT2D eigenvalue weighted by atomic mass is 10.0. The van der Waals surface area contributed by atoms with E-state index in [0.717, 1.165) is 0 Å². The van der Waals surface area contributed by atoms with Crippen LogP contribution in [0.4, 0.5) is 0 Å². The molecule has 0 radical (unpaired) electrons. The first kappa shape index (κ1) is 13.0. The number of hydrogen-bond donors (Lipinski definition) is 1. The van der Waals surface area contributed by atoms with Gasteiger partial charge in [0.15, 0.2) is 0 Å². The molecular weight excluding hydrogens is 250 g/mol. The SMILES string of the molecule is CCc1cc(CO)cc(S(=O)(=O)Cl)c1C#N. The zero-order valence-electron chi connectivity index (χ0n) is 8.57. The highest BCUT2D eigenvalue weighted by molar-refractivity contribution is 8.13. The van der Waals surface area contributed by atoms with Crippen LogP contribution >= 0.6 is 10.7 Å². The van der Waals surface area contributed by atoms with E-state index in [1.54, 1.807) is 13.0 Å². The maximum atomic E-state index is 11.3. The second-order valence-electron chi connectivity index (χ2n) is 3.19. The molecule has 6 heteroatoms. The molecule has 0 amide bonds. The summed E-state index contributed by atoms with van der Waals surface area (Å²) >= 11 is 0. The molecule has 0 unspecified atom stereocenters. The number of rotatable bonds is 3. The summed E-state index contributed by atoms with van der Waals surface area (Å²) in [5.41, 5.74) is 1.04. The van der Waals surface area contributed by atoms with Crippen LogP contribution in [0.3, 0.4) is 0 Å². The van der Waals surface area contributed by atoms with Crippen molar-refractivity contribution in [1.29, 1.82) is 5.26 Å². The van der Waals surface area contributed by atoms with Crippen LogP contribution in [0.1, 0.15) is 23.6 Å². The van der Waals surface area contributed by atoms with Gasteiger partial charge in [-0.15, -0.1) is 0 Å². The fourth-order valence-corrected chi connectivity index (χ4v) is 2.50. The van der Waals surface area contributed by atoms with Crippen LogP contribution in [-0.2, 0) is 22.1 Å². The number of aliphatic hydroxyl groups is 1. The molecule has 86 valence electrons. The summed E-state index contributed by atoms with van der Waals surface area (Å²) in [4.78, 5) is -0.236. The smallest absolute Gasteiger partial charge is 0.262 e. The first-order valence-corrected chi connectivity index (χ1v) is 6.86. The summed E-state index contributed by atoms with van der Waals surface area (Å²) in [6.07, 6.45) is 0.496. The molecule has 4 nitrogen and oxygen atoms in total. The highest BCUT2D eigenvalue weighted by Crippen LogP contribution is 2.25. The lowest BCUT2D eigenvalue weighted by Gasteiger charge is -2.08. The zero-order chi connectivity index (χ0) is 12.3. The number of nitriles is 1. The molecule has 0 aliphatic rings. The summed E-state index contributed by atoms with van der Waals surface area (Å²) in [5, 5.41) is 17.9. The molecule has 1 aromatic rings. The normalized spacial score (nSPS) is 11.1. The van der Waals surface area contributed by atoms with Crippen molar-refractivity contribution in [3.05, 3.63) is 28.8 Å². The lowest BCUT2D eigenvalue weighted by Crippen LogP contribution is -2.02. The maximum Gasteiger partial charge on any atom is 0.262 e. The van der Waals surface area contributed by atoms with Crippen molar-refractivity contribution >= 4 is 19.7 Å². The minimum atomic E-state index is -3.97. The Morgan fingerprint density at radius 2 is 2.12 bits per heavy atom. The fourth-order valence-electron chi connectivity index (χ4n) is 1.43. The van der Waals surface area contributed by atoms with E-state index in [9.17, 15) is 8.42 Å². The van der Waals surface area contributed by atoms with Gasteiger partial charge < -0.3 is 5.11 Å². The van der Waals surface area contributed by atoms with E-state index >= 15 is 0 Å². The van der Waals surface area contributed by atoms with E-state index in [-0.39, 0.29) is 17.1 Å². The van der Waals surface area contributed by atoms with Gasteiger partial charge in [0.05, 0.1) is 12.2 Å². The van der Waals surface area contributed by atoms with Gasteiger partial charge in [-0.05, 0) is 23.6 Å². The van der Waals surface area contributed by atoms with Crippen LogP contribution in [0.2, 0.25) is 0 Å². The Morgan fingerprint density at radius 1 is 1.50 bits per heavy atom. The van der Waals surface area contributed by atoms with E-state index in [1.165, 1.54) is 6.07 Å². The number of nitrogens with zero attached hydrogens (tertiary/aromatic N) is 1. The first-order chi connectivity index (χ1) is 7.43. The summed E-state index contributed by atoms with van der Waals surface area (Å²) in [7, 11) is 1.27. The van der Waals surface area contributed by atoms with Crippen molar-refractivity contribution in [1.82, 2.24) is 0 Å². The molecule has 0 bridgehead atoms. The first-order valence-electron chi connectivity index (χ1n) is 4.55. The largest absolute Gasteiger partial charge is 0.392 e. The number of hydrogen-bond acceptors (Lipinski definition) is 4. The molecular formula is C10H10ClNO3S. The second-order valence-corrected chi connectivity index (χ2v) is 5.72. The predicted octanol–water partition coefficient (Wildman–Crippen LogP) is 1.54. The summed E-state index contributed by atoms with van der Waals surface area (Å²) in [5.74, 6) is 0. The number of benzene rings is 1. The Bertz CT molecular complexity index is 546. The Morgan fingerprint density at radius 3 is 2.50 bits per heavy atom.